The summed E-state index contributed by atoms with van der Waals surface area (Å²) in [5, 5.41) is 11.4. The van der Waals surface area contributed by atoms with E-state index in [-0.39, 0.29) is 17.5 Å². The van der Waals surface area contributed by atoms with E-state index < -0.39 is 29.6 Å². The predicted octanol–water partition coefficient (Wildman–Crippen LogP) is 3.69. The second kappa shape index (κ2) is 12.1. The third-order valence-electron chi connectivity index (χ3n) is 5.35. The summed E-state index contributed by atoms with van der Waals surface area (Å²) in [5.74, 6) is -2.58. The number of carbonyl (C=O) groups is 3. The highest BCUT2D eigenvalue weighted by Gasteiger charge is 2.42. The number of nitrogens with one attached hydrogen (secondary N) is 1. The topological polar surface area (TPSA) is 155 Å². The molecule has 3 heterocycles. The summed E-state index contributed by atoms with van der Waals surface area (Å²) < 4.78 is 45.2. The molecule has 38 heavy (non-hydrogen) atoms. The molecular formula is C24H25F3N6O5. The van der Waals surface area contributed by atoms with Gasteiger partial charge in [-0.15, -0.1) is 0 Å². The molecule has 0 atom stereocenters. The van der Waals surface area contributed by atoms with Crippen molar-refractivity contribution in [2.45, 2.75) is 19.5 Å². The van der Waals surface area contributed by atoms with Crippen LogP contribution in [0.4, 0.5) is 29.5 Å². The summed E-state index contributed by atoms with van der Waals surface area (Å²) in [6.45, 7) is 3.27. The van der Waals surface area contributed by atoms with Gasteiger partial charge in [0, 0.05) is 38.2 Å². The van der Waals surface area contributed by atoms with E-state index in [2.05, 4.69) is 21.0 Å². The molecule has 1 saturated heterocycles. The average Bonchev–Trinajstić information content (AvgIpc) is 3.37. The molecule has 4 N–H and O–H groups in total. The molecule has 0 bridgehead atoms. The zero-order valence-corrected chi connectivity index (χ0v) is 20.2. The lowest BCUT2D eigenvalue weighted by atomic mass is 10.2. The number of benzene rings is 1. The summed E-state index contributed by atoms with van der Waals surface area (Å²) >= 11 is 0. The normalized spacial score (nSPS) is 13.4. The smallest absolute Gasteiger partial charge is 0.452 e. The zero-order valence-electron chi connectivity index (χ0n) is 20.2. The Morgan fingerprint density at radius 1 is 1.08 bits per heavy atom. The van der Waals surface area contributed by atoms with Crippen molar-refractivity contribution in [2.75, 3.05) is 36.4 Å². The number of carbonyl (C=O) groups excluding carboxylic acids is 2. The van der Waals surface area contributed by atoms with Crippen LogP contribution in [0.5, 0.6) is 0 Å². The first-order valence-corrected chi connectivity index (χ1v) is 11.4. The van der Waals surface area contributed by atoms with Gasteiger partial charge in [-0.3, -0.25) is 9.59 Å². The molecule has 11 nitrogen and oxygen atoms in total. The van der Waals surface area contributed by atoms with Crippen molar-refractivity contribution in [3.8, 4) is 11.5 Å². The lowest BCUT2D eigenvalue weighted by Crippen LogP contribution is -2.48. The highest BCUT2D eigenvalue weighted by atomic mass is 19.4. The standard InChI is InChI=1S/C21H18F3N5O4.C3H7NO/c22-21(23,24)17-16(27-19(33-17)13-4-2-1-3-5-13)18(30)26-14-6-7-15(25-12-14)28-8-10-29(11-9-28)20(31)32;1-2-3(4)5/h1-7,12H,8-11H2,(H,26,30)(H,31,32);2H2,1H3,(H2,4,5). The molecule has 0 unspecified atom stereocenters. The molecular weight excluding hydrogens is 509 g/mol. The van der Waals surface area contributed by atoms with Crippen molar-refractivity contribution in [3.05, 3.63) is 60.1 Å². The molecule has 2 aromatic heterocycles. The number of aromatic nitrogens is 2. The van der Waals surface area contributed by atoms with E-state index in [9.17, 15) is 27.6 Å². The van der Waals surface area contributed by atoms with Crippen LogP contribution in [-0.2, 0) is 11.0 Å². The molecule has 1 aliphatic heterocycles. The van der Waals surface area contributed by atoms with Gasteiger partial charge in [0.2, 0.25) is 17.6 Å². The number of alkyl halides is 3. The monoisotopic (exact) mass is 534 g/mol. The van der Waals surface area contributed by atoms with E-state index in [1.807, 2.05) is 4.90 Å². The first kappa shape index (κ1) is 28.0. The molecule has 14 heteroatoms. The van der Waals surface area contributed by atoms with Gasteiger partial charge in [0.15, 0.2) is 5.69 Å². The van der Waals surface area contributed by atoms with Gasteiger partial charge in [0.05, 0.1) is 11.9 Å². The van der Waals surface area contributed by atoms with Crippen molar-refractivity contribution in [1.82, 2.24) is 14.9 Å². The fraction of sp³-hybridized carbons (Fsp3) is 0.292. The van der Waals surface area contributed by atoms with Gasteiger partial charge in [-0.1, -0.05) is 25.1 Å². The largest absolute Gasteiger partial charge is 0.465 e. The minimum atomic E-state index is -4.91. The molecule has 3 amide bonds. The Balaban J connectivity index is 0.000000732. The van der Waals surface area contributed by atoms with E-state index >= 15 is 0 Å². The first-order chi connectivity index (χ1) is 18.0. The molecule has 1 fully saturated rings. The molecule has 1 aliphatic rings. The van der Waals surface area contributed by atoms with Crippen LogP contribution in [-0.4, -0.2) is 64.1 Å². The molecule has 3 aromatic rings. The van der Waals surface area contributed by atoms with E-state index in [1.54, 1.807) is 31.2 Å². The number of hydrogen-bond acceptors (Lipinski definition) is 7. The minimum absolute atomic E-state index is 0.172. The predicted molar refractivity (Wildman–Crippen MR) is 130 cm³/mol. The lowest BCUT2D eigenvalue weighted by Gasteiger charge is -2.33. The number of halogens is 3. The first-order valence-electron chi connectivity index (χ1n) is 11.4. The number of pyridine rings is 1. The maximum Gasteiger partial charge on any atom is 0.452 e. The zero-order chi connectivity index (χ0) is 27.9. The number of nitrogens with two attached hydrogens (primary N) is 1. The maximum absolute atomic E-state index is 13.4. The molecule has 0 spiro atoms. The van der Waals surface area contributed by atoms with Crippen molar-refractivity contribution in [3.63, 3.8) is 0 Å². The summed E-state index contributed by atoms with van der Waals surface area (Å²) in [4.78, 5) is 44.3. The average molecular weight is 534 g/mol. The Morgan fingerprint density at radius 2 is 1.71 bits per heavy atom. The number of piperazine rings is 1. The highest BCUT2D eigenvalue weighted by molar-refractivity contribution is 6.04. The third kappa shape index (κ3) is 7.21. The lowest BCUT2D eigenvalue weighted by molar-refractivity contribution is -0.153. The van der Waals surface area contributed by atoms with Gasteiger partial charge in [-0.2, -0.15) is 13.2 Å². The molecule has 1 aromatic carbocycles. The summed E-state index contributed by atoms with van der Waals surface area (Å²) in [6, 6.07) is 11.0. The quantitative estimate of drug-likeness (QED) is 0.448. The maximum atomic E-state index is 13.4. The number of nitrogens with zero attached hydrogens (tertiary/aromatic N) is 4. The van der Waals surface area contributed by atoms with Crippen LogP contribution in [0.1, 0.15) is 29.6 Å². The molecule has 4 rings (SSSR count). The van der Waals surface area contributed by atoms with Gasteiger partial charge in [-0.25, -0.2) is 14.8 Å². The highest BCUT2D eigenvalue weighted by Crippen LogP contribution is 2.35. The second-order valence-electron chi connectivity index (χ2n) is 8.00. The number of hydrogen-bond donors (Lipinski definition) is 3. The number of anilines is 2. The third-order valence-corrected chi connectivity index (χ3v) is 5.35. The second-order valence-corrected chi connectivity index (χ2v) is 8.00. The van der Waals surface area contributed by atoms with E-state index in [4.69, 9.17) is 9.52 Å². The van der Waals surface area contributed by atoms with E-state index in [1.165, 1.54) is 29.3 Å². The van der Waals surface area contributed by atoms with Gasteiger partial charge in [0.25, 0.3) is 5.91 Å². The van der Waals surface area contributed by atoms with Crippen molar-refractivity contribution in [1.29, 1.82) is 0 Å². The minimum Gasteiger partial charge on any atom is -0.465 e. The van der Waals surface area contributed by atoms with Crippen molar-refractivity contribution < 1.29 is 37.1 Å². The number of rotatable bonds is 5. The Hall–Kier alpha value is -4.62. The van der Waals surface area contributed by atoms with Crippen LogP contribution >= 0.6 is 0 Å². The Kier molecular flexibility index (Phi) is 8.89. The Bertz CT molecular complexity index is 1260. The SMILES string of the molecule is CCC(N)=O.O=C(Nc1ccc(N2CCN(C(=O)O)CC2)nc1)c1nc(-c2ccccc2)oc1C(F)(F)F. The number of primary amides is 1. The summed E-state index contributed by atoms with van der Waals surface area (Å²) in [6.07, 6.45) is -4.14. The fourth-order valence-corrected chi connectivity index (χ4v) is 3.33. The van der Waals surface area contributed by atoms with E-state index in [0.29, 0.717) is 44.0 Å². The van der Waals surface area contributed by atoms with Crippen molar-refractivity contribution in [2.24, 2.45) is 5.73 Å². The van der Waals surface area contributed by atoms with E-state index in [0.717, 1.165) is 0 Å². The summed E-state index contributed by atoms with van der Waals surface area (Å²) in [7, 11) is 0. The number of oxazole rings is 1. The molecule has 0 saturated carbocycles. The Morgan fingerprint density at radius 3 is 2.21 bits per heavy atom. The summed E-state index contributed by atoms with van der Waals surface area (Å²) in [5.41, 5.74) is 4.25. The van der Waals surface area contributed by atoms with Gasteiger partial charge >= 0.3 is 12.3 Å². The van der Waals surface area contributed by atoms with Gasteiger partial charge in [0.1, 0.15) is 5.82 Å². The van der Waals surface area contributed by atoms with Gasteiger partial charge < -0.3 is 30.4 Å². The molecule has 0 aliphatic carbocycles. The van der Waals surface area contributed by atoms with Crippen molar-refractivity contribution >= 4 is 29.4 Å². The van der Waals surface area contributed by atoms with Gasteiger partial charge in [-0.05, 0) is 24.3 Å². The molecule has 0 radical (unpaired) electrons. The number of carboxylic acid groups (broad SMARTS) is 1. The van der Waals surface area contributed by atoms with Crippen LogP contribution in [0.15, 0.2) is 53.1 Å². The van der Waals surface area contributed by atoms with Crippen LogP contribution in [0.2, 0.25) is 0 Å². The van der Waals surface area contributed by atoms with Crippen LogP contribution in [0, 0.1) is 0 Å². The fourth-order valence-electron chi connectivity index (χ4n) is 3.33. The Labute approximate surface area is 215 Å². The van der Waals surface area contributed by atoms with Crippen LogP contribution in [0.3, 0.4) is 0 Å². The van der Waals surface area contributed by atoms with Crippen LogP contribution in [0.25, 0.3) is 11.5 Å². The molecule has 202 valence electrons. The van der Waals surface area contributed by atoms with Crippen LogP contribution < -0.4 is 16.0 Å². The number of amides is 3.